The summed E-state index contributed by atoms with van der Waals surface area (Å²) in [6.45, 7) is 1.39. The number of benzene rings is 2. The molecule has 0 aliphatic carbocycles. The molecule has 0 bridgehead atoms. The highest BCUT2D eigenvalue weighted by molar-refractivity contribution is 5.95. The summed E-state index contributed by atoms with van der Waals surface area (Å²) < 4.78 is 0. The number of aromatic nitrogens is 2. The smallest absolute Gasteiger partial charge is 0.253 e. The van der Waals surface area contributed by atoms with Crippen LogP contribution in [0.15, 0.2) is 48.5 Å². The minimum absolute atomic E-state index is 0.0572. The number of carbonyl (C=O) groups is 1. The largest absolute Gasteiger partial charge is 0.337 e. The van der Waals surface area contributed by atoms with E-state index in [-0.39, 0.29) is 11.9 Å². The molecule has 1 amide bonds. The van der Waals surface area contributed by atoms with Crippen molar-refractivity contribution >= 4 is 29.0 Å². The lowest BCUT2D eigenvalue weighted by molar-refractivity contribution is 0.0791. The first-order valence-corrected chi connectivity index (χ1v) is 8.47. The molecule has 0 radical (unpaired) electrons. The number of aromatic amines is 1. The standard InChI is InChI=1S/C20H20N4O/c21-16-11-12-24(13-16)20(25)15-8-5-14(6-9-15)7-10-19-17-3-1-2-4-18(17)22-23-19/h1-10,16H,11-13,21H2,(H,22,23)/t16-/m0/s1. The predicted molar refractivity (Wildman–Crippen MR) is 100.0 cm³/mol. The van der Waals surface area contributed by atoms with Crippen LogP contribution < -0.4 is 5.73 Å². The Bertz CT molecular complexity index is 926. The van der Waals surface area contributed by atoms with Gasteiger partial charge in [0.05, 0.1) is 11.2 Å². The summed E-state index contributed by atoms with van der Waals surface area (Å²) in [4.78, 5) is 14.3. The van der Waals surface area contributed by atoms with Gasteiger partial charge >= 0.3 is 0 Å². The van der Waals surface area contributed by atoms with Crippen LogP contribution in [0.25, 0.3) is 23.1 Å². The molecule has 5 heteroatoms. The van der Waals surface area contributed by atoms with E-state index in [1.165, 1.54) is 0 Å². The molecule has 3 aromatic rings. The van der Waals surface area contributed by atoms with Gasteiger partial charge in [-0.05, 0) is 36.3 Å². The second kappa shape index (κ2) is 6.53. The normalized spacial score (nSPS) is 17.6. The van der Waals surface area contributed by atoms with Crippen LogP contribution in [0.3, 0.4) is 0 Å². The van der Waals surface area contributed by atoms with Crippen molar-refractivity contribution in [1.29, 1.82) is 0 Å². The molecule has 1 aliphatic heterocycles. The summed E-state index contributed by atoms with van der Waals surface area (Å²) in [5.41, 5.74) is 9.54. The third-order valence-electron chi connectivity index (χ3n) is 4.60. The first-order valence-electron chi connectivity index (χ1n) is 8.47. The monoisotopic (exact) mass is 332 g/mol. The molecule has 2 heterocycles. The lowest BCUT2D eigenvalue weighted by Gasteiger charge is -2.15. The Morgan fingerprint density at radius 1 is 1.16 bits per heavy atom. The van der Waals surface area contributed by atoms with Crippen LogP contribution in [-0.2, 0) is 0 Å². The van der Waals surface area contributed by atoms with Gasteiger partial charge in [0, 0.05) is 30.1 Å². The summed E-state index contributed by atoms with van der Waals surface area (Å²) >= 11 is 0. The molecule has 1 aromatic heterocycles. The Hall–Kier alpha value is -2.92. The van der Waals surface area contributed by atoms with Gasteiger partial charge in [-0.25, -0.2) is 0 Å². The molecular formula is C20H20N4O. The maximum atomic E-state index is 12.4. The number of amides is 1. The van der Waals surface area contributed by atoms with Crippen LogP contribution in [0.5, 0.6) is 0 Å². The van der Waals surface area contributed by atoms with E-state index in [4.69, 9.17) is 5.73 Å². The zero-order valence-electron chi connectivity index (χ0n) is 13.9. The van der Waals surface area contributed by atoms with E-state index in [2.05, 4.69) is 10.2 Å². The summed E-state index contributed by atoms with van der Waals surface area (Å²) in [6, 6.07) is 15.8. The molecule has 0 spiro atoms. The summed E-state index contributed by atoms with van der Waals surface area (Å²) in [5, 5.41) is 8.45. The third kappa shape index (κ3) is 3.19. The lowest BCUT2D eigenvalue weighted by Crippen LogP contribution is -2.31. The second-order valence-electron chi connectivity index (χ2n) is 6.41. The molecule has 5 nitrogen and oxygen atoms in total. The van der Waals surface area contributed by atoms with Crippen molar-refractivity contribution in [1.82, 2.24) is 15.1 Å². The first-order chi connectivity index (χ1) is 12.2. The Balaban J connectivity index is 1.49. The van der Waals surface area contributed by atoms with E-state index >= 15 is 0 Å². The number of para-hydroxylation sites is 1. The highest BCUT2D eigenvalue weighted by atomic mass is 16.2. The van der Waals surface area contributed by atoms with Gasteiger partial charge < -0.3 is 10.6 Å². The first kappa shape index (κ1) is 15.6. The van der Waals surface area contributed by atoms with Gasteiger partial charge in [0.2, 0.25) is 0 Å². The van der Waals surface area contributed by atoms with E-state index in [0.717, 1.165) is 35.1 Å². The molecule has 1 aliphatic rings. The van der Waals surface area contributed by atoms with Gasteiger partial charge in [-0.2, -0.15) is 5.10 Å². The molecule has 1 atom stereocenters. The van der Waals surface area contributed by atoms with Crippen LogP contribution in [0.1, 0.15) is 28.0 Å². The van der Waals surface area contributed by atoms with Crippen LogP contribution in [0, 0.1) is 0 Å². The quantitative estimate of drug-likeness (QED) is 0.774. The maximum Gasteiger partial charge on any atom is 0.253 e. The van der Waals surface area contributed by atoms with E-state index in [0.29, 0.717) is 12.1 Å². The second-order valence-corrected chi connectivity index (χ2v) is 6.41. The average molecular weight is 332 g/mol. The van der Waals surface area contributed by atoms with Crippen molar-refractivity contribution in [2.45, 2.75) is 12.5 Å². The molecular weight excluding hydrogens is 312 g/mol. The van der Waals surface area contributed by atoms with E-state index in [1.54, 1.807) is 0 Å². The fraction of sp³-hybridized carbons (Fsp3) is 0.200. The number of hydrogen-bond acceptors (Lipinski definition) is 3. The maximum absolute atomic E-state index is 12.4. The zero-order chi connectivity index (χ0) is 17.2. The Labute approximate surface area is 146 Å². The van der Waals surface area contributed by atoms with Gasteiger partial charge in [-0.15, -0.1) is 0 Å². The van der Waals surface area contributed by atoms with Gasteiger partial charge in [0.15, 0.2) is 0 Å². The van der Waals surface area contributed by atoms with Crippen LogP contribution >= 0.6 is 0 Å². The topological polar surface area (TPSA) is 75.0 Å². The van der Waals surface area contributed by atoms with Crippen LogP contribution in [0.4, 0.5) is 0 Å². The predicted octanol–water partition coefficient (Wildman–Crippen LogP) is 2.91. The fourth-order valence-corrected chi connectivity index (χ4v) is 3.18. The van der Waals surface area contributed by atoms with Crippen molar-refractivity contribution in [3.63, 3.8) is 0 Å². The molecule has 1 fully saturated rings. The number of fused-ring (bicyclic) bond motifs is 1. The van der Waals surface area contributed by atoms with Crippen molar-refractivity contribution in [2.75, 3.05) is 13.1 Å². The lowest BCUT2D eigenvalue weighted by atomic mass is 10.1. The molecule has 0 saturated carbocycles. The molecule has 3 N–H and O–H groups in total. The summed E-state index contributed by atoms with van der Waals surface area (Å²) in [6.07, 6.45) is 4.86. The number of carbonyl (C=O) groups excluding carboxylic acids is 1. The van der Waals surface area contributed by atoms with Gasteiger partial charge in [0.25, 0.3) is 5.91 Å². The highest BCUT2D eigenvalue weighted by Crippen LogP contribution is 2.18. The van der Waals surface area contributed by atoms with E-state index in [1.807, 2.05) is 65.6 Å². The fourth-order valence-electron chi connectivity index (χ4n) is 3.18. The Morgan fingerprint density at radius 3 is 2.72 bits per heavy atom. The molecule has 1 saturated heterocycles. The number of H-pyrrole nitrogens is 1. The van der Waals surface area contributed by atoms with Gasteiger partial charge in [0.1, 0.15) is 0 Å². The number of rotatable bonds is 3. The minimum atomic E-state index is 0.0572. The number of nitrogens with one attached hydrogen (secondary N) is 1. The number of hydrogen-bond donors (Lipinski definition) is 2. The van der Waals surface area contributed by atoms with Gasteiger partial charge in [-0.3, -0.25) is 9.89 Å². The number of likely N-dealkylation sites (tertiary alicyclic amines) is 1. The van der Waals surface area contributed by atoms with Crippen molar-refractivity contribution in [3.8, 4) is 0 Å². The third-order valence-corrected chi connectivity index (χ3v) is 4.60. The Morgan fingerprint density at radius 2 is 1.96 bits per heavy atom. The number of nitrogens with zero attached hydrogens (tertiary/aromatic N) is 2. The minimum Gasteiger partial charge on any atom is -0.337 e. The molecule has 2 aromatic carbocycles. The summed E-state index contributed by atoms with van der Waals surface area (Å²) in [7, 11) is 0. The zero-order valence-corrected chi connectivity index (χ0v) is 13.9. The molecule has 25 heavy (non-hydrogen) atoms. The van der Waals surface area contributed by atoms with E-state index < -0.39 is 0 Å². The Kier molecular flexibility index (Phi) is 4.07. The van der Waals surface area contributed by atoms with Gasteiger partial charge in [-0.1, -0.05) is 36.4 Å². The van der Waals surface area contributed by atoms with Crippen molar-refractivity contribution in [3.05, 3.63) is 65.4 Å². The van der Waals surface area contributed by atoms with Crippen molar-refractivity contribution < 1.29 is 4.79 Å². The summed E-state index contributed by atoms with van der Waals surface area (Å²) in [5.74, 6) is 0.0572. The highest BCUT2D eigenvalue weighted by Gasteiger charge is 2.24. The van der Waals surface area contributed by atoms with E-state index in [9.17, 15) is 4.79 Å². The molecule has 0 unspecified atom stereocenters. The van der Waals surface area contributed by atoms with Crippen LogP contribution in [0.2, 0.25) is 0 Å². The molecule has 4 rings (SSSR count). The number of nitrogens with two attached hydrogens (primary N) is 1. The SMILES string of the molecule is N[C@H]1CCN(C(=O)c2ccc(C=Cc3n[nH]c4ccccc34)cc2)C1. The average Bonchev–Trinajstić information content (AvgIpc) is 3.26. The van der Waals surface area contributed by atoms with Crippen LogP contribution in [-0.4, -0.2) is 40.1 Å². The van der Waals surface area contributed by atoms with Crippen molar-refractivity contribution in [2.24, 2.45) is 5.73 Å². The molecule has 126 valence electrons.